The Bertz CT molecular complexity index is 666. The number of carboxylic acids is 1. The van der Waals surface area contributed by atoms with Gasteiger partial charge in [-0.05, 0) is 43.9 Å². The fourth-order valence-electron chi connectivity index (χ4n) is 2.77. The average molecular weight is 290 g/mol. The molecule has 1 heterocycles. The lowest BCUT2D eigenvalue weighted by Crippen LogP contribution is -2.35. The minimum absolute atomic E-state index is 0.172. The fourth-order valence-corrected chi connectivity index (χ4v) is 2.77. The number of carbonyl (C=O) groups is 1. The summed E-state index contributed by atoms with van der Waals surface area (Å²) in [5.41, 5.74) is 1.32. The number of nitrogens with one attached hydrogen (secondary N) is 1. The molecule has 1 aromatic heterocycles. The number of aromatic carboxylic acids is 1. The number of carboxylic acid groups (broad SMARTS) is 1. The van der Waals surface area contributed by atoms with Crippen LogP contribution in [0.4, 0.5) is 6.01 Å². The van der Waals surface area contributed by atoms with Gasteiger partial charge >= 0.3 is 5.97 Å². The number of hydrogen-bond donors (Lipinski definition) is 2. The molecular weight excluding hydrogens is 268 g/mol. The Kier molecular flexibility index (Phi) is 3.70. The summed E-state index contributed by atoms with van der Waals surface area (Å²) in [6, 6.07) is 5.09. The van der Waals surface area contributed by atoms with Gasteiger partial charge in [0.1, 0.15) is 5.52 Å². The Morgan fingerprint density at radius 3 is 2.52 bits per heavy atom. The predicted octanol–water partition coefficient (Wildman–Crippen LogP) is 4.15. The van der Waals surface area contributed by atoms with Crippen LogP contribution in [0.3, 0.4) is 0 Å². The lowest BCUT2D eigenvalue weighted by atomic mass is 9.82. The maximum Gasteiger partial charge on any atom is 0.335 e. The van der Waals surface area contributed by atoms with Crippen molar-refractivity contribution in [2.45, 2.75) is 46.6 Å². The molecule has 0 aliphatic heterocycles. The molecule has 114 valence electrons. The first kappa shape index (κ1) is 15.4. The van der Waals surface area contributed by atoms with Crippen LogP contribution in [0.15, 0.2) is 22.6 Å². The highest BCUT2D eigenvalue weighted by atomic mass is 16.4. The third kappa shape index (κ3) is 3.97. The zero-order chi connectivity index (χ0) is 15.8. The Hall–Kier alpha value is -2.04. The third-order valence-electron chi connectivity index (χ3n) is 3.05. The van der Waals surface area contributed by atoms with Gasteiger partial charge in [-0.15, -0.1) is 0 Å². The lowest BCUT2D eigenvalue weighted by Gasteiger charge is -2.32. The number of rotatable bonds is 4. The molecule has 0 fully saturated rings. The van der Waals surface area contributed by atoms with Crippen molar-refractivity contribution in [1.82, 2.24) is 4.98 Å². The Labute approximate surface area is 124 Å². The van der Waals surface area contributed by atoms with Crippen molar-refractivity contribution >= 4 is 23.1 Å². The average Bonchev–Trinajstić information content (AvgIpc) is 2.64. The summed E-state index contributed by atoms with van der Waals surface area (Å²) in [5, 5.41) is 12.3. The summed E-state index contributed by atoms with van der Waals surface area (Å²) in [5.74, 6) is -0.976. The highest BCUT2D eigenvalue weighted by Gasteiger charge is 2.26. The summed E-state index contributed by atoms with van der Waals surface area (Å²) in [6.45, 7) is 10.7. The molecule has 2 aromatic rings. The number of hydrogen-bond acceptors (Lipinski definition) is 4. The molecule has 0 bridgehead atoms. The Morgan fingerprint density at radius 1 is 1.29 bits per heavy atom. The summed E-state index contributed by atoms with van der Waals surface area (Å²) in [6.07, 6.45) is 0.944. The molecule has 21 heavy (non-hydrogen) atoms. The van der Waals surface area contributed by atoms with E-state index in [0.717, 1.165) is 6.42 Å². The normalized spacial score (nSPS) is 12.6. The van der Waals surface area contributed by atoms with Gasteiger partial charge in [-0.3, -0.25) is 0 Å². The van der Waals surface area contributed by atoms with Crippen LogP contribution in [0.5, 0.6) is 0 Å². The second-order valence-electron chi connectivity index (χ2n) is 7.25. The van der Waals surface area contributed by atoms with E-state index in [-0.39, 0.29) is 16.5 Å². The molecule has 0 unspecified atom stereocenters. The quantitative estimate of drug-likeness (QED) is 0.884. The van der Waals surface area contributed by atoms with Gasteiger partial charge in [0.15, 0.2) is 5.58 Å². The van der Waals surface area contributed by atoms with Gasteiger partial charge < -0.3 is 14.8 Å². The van der Waals surface area contributed by atoms with Crippen molar-refractivity contribution in [2.24, 2.45) is 5.41 Å². The first-order valence-electron chi connectivity index (χ1n) is 6.98. The van der Waals surface area contributed by atoms with Gasteiger partial charge in [0, 0.05) is 5.54 Å². The monoisotopic (exact) mass is 290 g/mol. The number of benzene rings is 1. The van der Waals surface area contributed by atoms with Gasteiger partial charge in [-0.2, -0.15) is 4.98 Å². The maximum atomic E-state index is 11.0. The second-order valence-corrected chi connectivity index (χ2v) is 7.25. The topological polar surface area (TPSA) is 75.4 Å². The molecule has 5 heteroatoms. The molecule has 1 aromatic carbocycles. The molecule has 5 nitrogen and oxygen atoms in total. The molecule has 0 saturated heterocycles. The molecule has 0 spiro atoms. The molecule has 0 amide bonds. The zero-order valence-electron chi connectivity index (χ0n) is 13.2. The van der Waals surface area contributed by atoms with E-state index >= 15 is 0 Å². The van der Waals surface area contributed by atoms with Crippen LogP contribution in [0.1, 0.15) is 51.4 Å². The van der Waals surface area contributed by atoms with Crippen LogP contribution in [-0.2, 0) is 0 Å². The molecule has 0 aliphatic carbocycles. The molecule has 0 aliphatic rings. The van der Waals surface area contributed by atoms with Gasteiger partial charge in [0.25, 0.3) is 6.01 Å². The van der Waals surface area contributed by atoms with E-state index in [2.05, 4.69) is 44.9 Å². The largest absolute Gasteiger partial charge is 0.478 e. The van der Waals surface area contributed by atoms with Crippen LogP contribution >= 0.6 is 0 Å². The van der Waals surface area contributed by atoms with Crippen LogP contribution in [-0.4, -0.2) is 21.6 Å². The summed E-state index contributed by atoms with van der Waals surface area (Å²) in [4.78, 5) is 15.3. The smallest absolute Gasteiger partial charge is 0.335 e. The molecule has 2 N–H and O–H groups in total. The number of anilines is 1. The van der Waals surface area contributed by atoms with E-state index in [1.165, 1.54) is 12.1 Å². The van der Waals surface area contributed by atoms with E-state index in [0.29, 0.717) is 17.1 Å². The lowest BCUT2D eigenvalue weighted by molar-refractivity contribution is 0.0697. The van der Waals surface area contributed by atoms with Crippen molar-refractivity contribution in [2.75, 3.05) is 5.32 Å². The molecule has 0 atom stereocenters. The van der Waals surface area contributed by atoms with E-state index in [1.807, 2.05) is 0 Å². The highest BCUT2D eigenvalue weighted by molar-refractivity contribution is 5.92. The molecule has 0 radical (unpaired) electrons. The number of nitrogens with zero attached hydrogens (tertiary/aromatic N) is 1. The van der Waals surface area contributed by atoms with E-state index < -0.39 is 5.97 Å². The van der Waals surface area contributed by atoms with Gasteiger partial charge in [-0.25, -0.2) is 4.79 Å². The van der Waals surface area contributed by atoms with Gasteiger partial charge in [-0.1, -0.05) is 20.8 Å². The van der Waals surface area contributed by atoms with Crippen molar-refractivity contribution in [3.8, 4) is 0 Å². The first-order chi connectivity index (χ1) is 9.56. The van der Waals surface area contributed by atoms with Crippen molar-refractivity contribution in [3.63, 3.8) is 0 Å². The zero-order valence-corrected chi connectivity index (χ0v) is 13.2. The summed E-state index contributed by atoms with van der Waals surface area (Å²) >= 11 is 0. The van der Waals surface area contributed by atoms with Crippen molar-refractivity contribution in [3.05, 3.63) is 23.8 Å². The first-order valence-corrected chi connectivity index (χ1v) is 6.98. The van der Waals surface area contributed by atoms with Crippen LogP contribution in [0.2, 0.25) is 0 Å². The van der Waals surface area contributed by atoms with E-state index in [4.69, 9.17) is 9.52 Å². The SMILES string of the molecule is CC(C)(C)CC(C)(C)Nc1nc2ccc(C(=O)O)cc2o1. The van der Waals surface area contributed by atoms with Crippen LogP contribution in [0, 0.1) is 5.41 Å². The summed E-state index contributed by atoms with van der Waals surface area (Å²) in [7, 11) is 0. The third-order valence-corrected chi connectivity index (χ3v) is 3.05. The molecule has 0 saturated carbocycles. The number of oxazole rings is 1. The molecule has 2 rings (SSSR count). The standard InChI is InChI=1S/C16H22N2O3/c1-15(2,3)9-16(4,5)18-14-17-11-7-6-10(13(19)20)8-12(11)21-14/h6-8H,9H2,1-5H3,(H,17,18)(H,19,20). The predicted molar refractivity (Wildman–Crippen MR) is 82.7 cm³/mol. The number of fused-ring (bicyclic) bond motifs is 1. The minimum atomic E-state index is -0.976. The fraction of sp³-hybridized carbons (Fsp3) is 0.500. The minimum Gasteiger partial charge on any atom is -0.478 e. The Balaban J connectivity index is 2.25. The van der Waals surface area contributed by atoms with Gasteiger partial charge in [0.05, 0.1) is 5.56 Å². The van der Waals surface area contributed by atoms with E-state index in [9.17, 15) is 4.79 Å². The summed E-state index contributed by atoms with van der Waals surface area (Å²) < 4.78 is 5.62. The van der Waals surface area contributed by atoms with Crippen molar-refractivity contribution < 1.29 is 14.3 Å². The maximum absolute atomic E-state index is 11.0. The highest BCUT2D eigenvalue weighted by Crippen LogP contribution is 2.30. The Morgan fingerprint density at radius 2 is 1.95 bits per heavy atom. The molecular formula is C16H22N2O3. The van der Waals surface area contributed by atoms with E-state index in [1.54, 1.807) is 6.07 Å². The van der Waals surface area contributed by atoms with Crippen LogP contribution in [0.25, 0.3) is 11.1 Å². The second kappa shape index (κ2) is 5.06. The van der Waals surface area contributed by atoms with Gasteiger partial charge in [0.2, 0.25) is 0 Å². The van der Waals surface area contributed by atoms with Crippen molar-refractivity contribution in [1.29, 1.82) is 0 Å². The van der Waals surface area contributed by atoms with Crippen LogP contribution < -0.4 is 5.32 Å². The number of aromatic nitrogens is 1.